The molecule has 0 radical (unpaired) electrons. The van der Waals surface area contributed by atoms with Crippen LogP contribution < -0.4 is 0 Å². The van der Waals surface area contributed by atoms with Gasteiger partial charge in [0.2, 0.25) is 0 Å². The van der Waals surface area contributed by atoms with Crippen molar-refractivity contribution in [2.75, 3.05) is 40.8 Å². The van der Waals surface area contributed by atoms with E-state index in [1.807, 2.05) is 21.1 Å². The average Bonchev–Trinajstić information content (AvgIpc) is 2.33. The fourth-order valence-electron chi connectivity index (χ4n) is 1.71. The van der Waals surface area contributed by atoms with Crippen LogP contribution in [0.3, 0.4) is 0 Å². The predicted octanol–water partition coefficient (Wildman–Crippen LogP) is 1.74. The molecule has 0 aliphatic heterocycles. The van der Waals surface area contributed by atoms with E-state index in [0.29, 0.717) is 12.0 Å². The van der Waals surface area contributed by atoms with Crippen molar-refractivity contribution in [1.29, 1.82) is 0 Å². The highest BCUT2D eigenvalue weighted by Crippen LogP contribution is 2.17. The van der Waals surface area contributed by atoms with Crippen LogP contribution in [0.2, 0.25) is 0 Å². The maximum Gasteiger partial charge on any atom is 0.123 e. The first-order valence-electron chi connectivity index (χ1n) is 6.26. The van der Waals surface area contributed by atoms with E-state index in [1.54, 1.807) is 12.1 Å². The van der Waals surface area contributed by atoms with E-state index < -0.39 is 6.10 Å². The van der Waals surface area contributed by atoms with E-state index in [9.17, 15) is 9.50 Å². The third-order valence-electron chi connectivity index (χ3n) is 2.95. The van der Waals surface area contributed by atoms with Gasteiger partial charge in [0.25, 0.3) is 0 Å². The number of benzene rings is 1. The monoisotopic (exact) mass is 254 g/mol. The molecular formula is C14H23FN2O. The number of aliphatic hydroxyl groups is 1. The first-order valence-corrected chi connectivity index (χ1v) is 6.26. The Morgan fingerprint density at radius 2 is 1.89 bits per heavy atom. The summed E-state index contributed by atoms with van der Waals surface area (Å²) in [4.78, 5) is 4.29. The van der Waals surface area contributed by atoms with Gasteiger partial charge in [0.1, 0.15) is 5.82 Å². The second-order valence-electron chi connectivity index (χ2n) is 4.97. The lowest BCUT2D eigenvalue weighted by atomic mass is 10.1. The summed E-state index contributed by atoms with van der Waals surface area (Å²) in [6, 6.07) is 6.17. The van der Waals surface area contributed by atoms with Crippen LogP contribution in [0.1, 0.15) is 18.1 Å². The summed E-state index contributed by atoms with van der Waals surface area (Å²) >= 11 is 0. The zero-order valence-electron chi connectivity index (χ0n) is 11.4. The highest BCUT2D eigenvalue weighted by molar-refractivity contribution is 5.18. The minimum Gasteiger partial charge on any atom is -0.388 e. The van der Waals surface area contributed by atoms with Crippen molar-refractivity contribution in [3.8, 4) is 0 Å². The molecule has 0 heterocycles. The Labute approximate surface area is 109 Å². The molecule has 1 aromatic rings. The van der Waals surface area contributed by atoms with Gasteiger partial charge < -0.3 is 14.9 Å². The zero-order valence-corrected chi connectivity index (χ0v) is 11.4. The number of nitrogens with zero attached hydrogens (tertiary/aromatic N) is 2. The minimum atomic E-state index is -0.595. The number of rotatable bonds is 7. The molecule has 0 aliphatic rings. The molecule has 0 amide bonds. The largest absolute Gasteiger partial charge is 0.388 e. The second-order valence-corrected chi connectivity index (χ2v) is 4.97. The lowest BCUT2D eigenvalue weighted by Crippen LogP contribution is -2.30. The maximum absolute atomic E-state index is 13.0. The van der Waals surface area contributed by atoms with Gasteiger partial charge in [-0.25, -0.2) is 4.39 Å². The maximum atomic E-state index is 13.0. The predicted molar refractivity (Wildman–Crippen MR) is 72.0 cm³/mol. The van der Waals surface area contributed by atoms with Crippen molar-refractivity contribution in [1.82, 2.24) is 9.80 Å². The van der Waals surface area contributed by atoms with Crippen LogP contribution in [-0.4, -0.2) is 55.7 Å². The molecule has 0 aliphatic carbocycles. The quantitative estimate of drug-likeness (QED) is 0.803. The number of hydrogen-bond acceptors (Lipinski definition) is 3. The summed E-state index contributed by atoms with van der Waals surface area (Å²) in [7, 11) is 6.10. The second kappa shape index (κ2) is 7.46. The molecule has 1 N–H and O–H groups in total. The third-order valence-corrected chi connectivity index (χ3v) is 2.95. The van der Waals surface area contributed by atoms with Crippen LogP contribution in [0.15, 0.2) is 24.3 Å². The summed E-state index contributed by atoms with van der Waals surface area (Å²) in [5, 5.41) is 9.97. The van der Waals surface area contributed by atoms with E-state index >= 15 is 0 Å². The summed E-state index contributed by atoms with van der Waals surface area (Å²) in [6.07, 6.45) is 0.0235. The Kier molecular flexibility index (Phi) is 6.25. The summed E-state index contributed by atoms with van der Waals surface area (Å²) < 4.78 is 13.0. The molecule has 0 saturated heterocycles. The van der Waals surface area contributed by atoms with E-state index in [4.69, 9.17) is 0 Å². The molecule has 3 nitrogen and oxygen atoms in total. The Morgan fingerprint density at radius 1 is 1.17 bits per heavy atom. The molecule has 0 fully saturated rings. The first kappa shape index (κ1) is 15.1. The fourth-order valence-corrected chi connectivity index (χ4v) is 1.71. The lowest BCUT2D eigenvalue weighted by Gasteiger charge is -2.20. The third kappa shape index (κ3) is 5.58. The van der Waals surface area contributed by atoms with E-state index in [0.717, 1.165) is 19.6 Å². The molecule has 0 aromatic heterocycles. The van der Waals surface area contributed by atoms with Crippen molar-refractivity contribution in [2.45, 2.75) is 12.5 Å². The van der Waals surface area contributed by atoms with Crippen LogP contribution in [0.5, 0.6) is 0 Å². The normalized spacial score (nSPS) is 13.3. The smallest absolute Gasteiger partial charge is 0.123 e. The Hall–Kier alpha value is -0.970. The molecule has 0 saturated carbocycles. The molecule has 1 rings (SSSR count). The van der Waals surface area contributed by atoms with Crippen LogP contribution in [0, 0.1) is 5.82 Å². The van der Waals surface area contributed by atoms with Crippen molar-refractivity contribution in [3.05, 3.63) is 35.6 Å². The van der Waals surface area contributed by atoms with Crippen molar-refractivity contribution in [3.63, 3.8) is 0 Å². The molecule has 0 spiro atoms. The van der Waals surface area contributed by atoms with Crippen LogP contribution in [0.4, 0.5) is 4.39 Å². The van der Waals surface area contributed by atoms with Gasteiger partial charge in [0.05, 0.1) is 6.10 Å². The van der Waals surface area contributed by atoms with Gasteiger partial charge in [-0.05, 0) is 45.3 Å². The van der Waals surface area contributed by atoms with Crippen LogP contribution in [-0.2, 0) is 0 Å². The van der Waals surface area contributed by atoms with Crippen molar-refractivity contribution >= 4 is 0 Å². The molecule has 18 heavy (non-hydrogen) atoms. The molecule has 1 unspecified atom stereocenters. The SMILES string of the molecule is CN(C)CCN(C)CCC(O)c1cccc(F)c1. The average molecular weight is 254 g/mol. The highest BCUT2D eigenvalue weighted by Gasteiger charge is 2.09. The molecule has 0 bridgehead atoms. The molecular weight excluding hydrogens is 231 g/mol. The molecule has 4 heteroatoms. The summed E-state index contributed by atoms with van der Waals surface area (Å²) in [5.74, 6) is -0.299. The zero-order chi connectivity index (χ0) is 13.5. The van der Waals surface area contributed by atoms with Gasteiger partial charge in [0.15, 0.2) is 0 Å². The van der Waals surface area contributed by atoms with Gasteiger partial charge in [0, 0.05) is 19.6 Å². The Morgan fingerprint density at radius 3 is 2.50 bits per heavy atom. The first-order chi connectivity index (χ1) is 8.49. The van der Waals surface area contributed by atoms with Gasteiger partial charge in [-0.3, -0.25) is 0 Å². The van der Waals surface area contributed by atoms with E-state index in [1.165, 1.54) is 12.1 Å². The fraction of sp³-hybridized carbons (Fsp3) is 0.571. The topological polar surface area (TPSA) is 26.7 Å². The number of halogens is 1. The standard InChI is InChI=1S/C14H23FN2O/c1-16(2)9-10-17(3)8-7-14(18)12-5-4-6-13(15)11-12/h4-6,11,14,18H,7-10H2,1-3H3. The van der Waals surface area contributed by atoms with Crippen LogP contribution in [0.25, 0.3) is 0 Å². The van der Waals surface area contributed by atoms with Gasteiger partial charge in [-0.2, -0.15) is 0 Å². The summed E-state index contributed by atoms with van der Waals surface area (Å²) in [6.45, 7) is 2.75. The number of likely N-dealkylation sites (N-methyl/N-ethyl adjacent to an activating group) is 2. The van der Waals surface area contributed by atoms with Gasteiger partial charge in [-0.1, -0.05) is 12.1 Å². The van der Waals surface area contributed by atoms with E-state index in [-0.39, 0.29) is 5.82 Å². The molecule has 1 atom stereocenters. The highest BCUT2D eigenvalue weighted by atomic mass is 19.1. The van der Waals surface area contributed by atoms with Crippen molar-refractivity contribution in [2.24, 2.45) is 0 Å². The van der Waals surface area contributed by atoms with E-state index in [2.05, 4.69) is 9.80 Å². The molecule has 1 aromatic carbocycles. The minimum absolute atomic E-state index is 0.299. The van der Waals surface area contributed by atoms with Gasteiger partial charge >= 0.3 is 0 Å². The molecule has 102 valence electrons. The number of aliphatic hydroxyl groups excluding tert-OH is 1. The Balaban J connectivity index is 2.34. The Bertz CT molecular complexity index is 357. The number of hydrogen-bond donors (Lipinski definition) is 1. The van der Waals surface area contributed by atoms with Crippen LogP contribution >= 0.6 is 0 Å². The van der Waals surface area contributed by atoms with Crippen molar-refractivity contribution < 1.29 is 9.50 Å². The summed E-state index contributed by atoms with van der Waals surface area (Å²) in [5.41, 5.74) is 0.649. The lowest BCUT2D eigenvalue weighted by molar-refractivity contribution is 0.146. The van der Waals surface area contributed by atoms with Gasteiger partial charge in [-0.15, -0.1) is 0 Å².